The summed E-state index contributed by atoms with van der Waals surface area (Å²) >= 11 is 6.17. The number of ether oxygens (including phenoxy) is 1. The van der Waals surface area contributed by atoms with Crippen molar-refractivity contribution in [2.45, 2.75) is 13.8 Å². The molecule has 1 amide bonds. The van der Waals surface area contributed by atoms with Crippen LogP contribution in [0.15, 0.2) is 65.6 Å². The molecule has 0 spiro atoms. The third-order valence-electron chi connectivity index (χ3n) is 5.43. The largest absolute Gasteiger partial charge is 0.447 e. The molecule has 166 valence electrons. The molecule has 0 saturated carbocycles. The fraction of sp³-hybridized carbons (Fsp3) is 0.167. The molecule has 2 aromatic carbocycles. The van der Waals surface area contributed by atoms with E-state index >= 15 is 0 Å². The molecule has 1 saturated heterocycles. The molecule has 0 unspecified atom stereocenters. The van der Waals surface area contributed by atoms with Crippen molar-refractivity contribution in [3.63, 3.8) is 0 Å². The second kappa shape index (κ2) is 8.22. The highest BCUT2D eigenvalue weighted by molar-refractivity contribution is 6.30. The highest BCUT2D eigenvalue weighted by Gasteiger charge is 2.24. The smallest absolute Gasteiger partial charge is 0.414 e. The van der Waals surface area contributed by atoms with Gasteiger partial charge in [0.25, 0.3) is 0 Å². The Morgan fingerprint density at radius 2 is 1.82 bits per heavy atom. The summed E-state index contributed by atoms with van der Waals surface area (Å²) in [4.78, 5) is 26.3. The average molecular weight is 462 g/mol. The Labute approximate surface area is 194 Å². The maximum atomic E-state index is 12.8. The lowest BCUT2D eigenvalue weighted by Crippen LogP contribution is -2.23. The van der Waals surface area contributed by atoms with Gasteiger partial charge in [0.1, 0.15) is 6.61 Å². The third kappa shape index (κ3) is 3.89. The zero-order valence-electron chi connectivity index (χ0n) is 18.0. The molecular weight excluding hydrogens is 442 g/mol. The number of benzene rings is 2. The van der Waals surface area contributed by atoms with Gasteiger partial charge in [0, 0.05) is 23.0 Å². The van der Waals surface area contributed by atoms with E-state index in [4.69, 9.17) is 16.3 Å². The molecule has 9 heteroatoms. The molecule has 1 aliphatic heterocycles. The van der Waals surface area contributed by atoms with Crippen LogP contribution < -0.4 is 10.3 Å². The summed E-state index contributed by atoms with van der Waals surface area (Å²) in [6, 6.07) is 16.2. The van der Waals surface area contributed by atoms with Gasteiger partial charge in [-0.25, -0.2) is 14.2 Å². The molecule has 0 radical (unpaired) electrons. The van der Waals surface area contributed by atoms with Crippen molar-refractivity contribution in [1.29, 1.82) is 0 Å². The summed E-state index contributed by atoms with van der Waals surface area (Å²) in [5, 5.41) is 9.76. The second-order valence-electron chi connectivity index (χ2n) is 7.77. The van der Waals surface area contributed by atoms with Crippen molar-refractivity contribution in [1.82, 2.24) is 19.6 Å². The van der Waals surface area contributed by atoms with Crippen LogP contribution in [0.4, 0.5) is 10.5 Å². The van der Waals surface area contributed by atoms with Crippen molar-refractivity contribution >= 4 is 23.4 Å². The van der Waals surface area contributed by atoms with Crippen LogP contribution in [0.5, 0.6) is 0 Å². The molecule has 1 aliphatic rings. The number of anilines is 1. The topological polar surface area (TPSA) is 82.3 Å². The van der Waals surface area contributed by atoms with Gasteiger partial charge < -0.3 is 4.74 Å². The van der Waals surface area contributed by atoms with E-state index in [-0.39, 0.29) is 17.2 Å². The number of hydrogen-bond acceptors (Lipinski definition) is 5. The number of nitrogens with zero attached hydrogens (tertiary/aromatic N) is 5. The van der Waals surface area contributed by atoms with Crippen molar-refractivity contribution in [3.05, 3.63) is 87.3 Å². The molecule has 3 heterocycles. The Hall–Kier alpha value is -3.91. The summed E-state index contributed by atoms with van der Waals surface area (Å²) in [5.41, 5.74) is 4.55. The van der Waals surface area contributed by atoms with Gasteiger partial charge >= 0.3 is 6.09 Å². The van der Waals surface area contributed by atoms with E-state index in [1.54, 1.807) is 32.6 Å². The number of halogens is 1. The van der Waals surface area contributed by atoms with E-state index in [0.717, 1.165) is 28.3 Å². The lowest BCUT2D eigenvalue weighted by molar-refractivity contribution is 0.181. The van der Waals surface area contributed by atoms with Crippen molar-refractivity contribution in [2.75, 3.05) is 18.1 Å². The normalized spacial score (nSPS) is 13.4. The molecule has 8 nitrogen and oxygen atoms in total. The van der Waals surface area contributed by atoms with Crippen molar-refractivity contribution < 1.29 is 9.53 Å². The number of aromatic nitrogens is 4. The summed E-state index contributed by atoms with van der Waals surface area (Å²) in [6.07, 6.45) is 1.28. The van der Waals surface area contributed by atoms with Crippen LogP contribution in [0, 0.1) is 13.8 Å². The van der Waals surface area contributed by atoms with Crippen LogP contribution in [0.1, 0.15) is 11.3 Å². The molecule has 0 atom stereocenters. The van der Waals surface area contributed by atoms with Crippen LogP contribution in [-0.4, -0.2) is 38.8 Å². The van der Waals surface area contributed by atoms with Crippen LogP contribution in [-0.2, 0) is 4.74 Å². The predicted molar refractivity (Wildman–Crippen MR) is 126 cm³/mol. The molecular formula is C24H20ClN5O3. The number of carbonyl (C=O) groups excluding carboxylic acids is 1. The van der Waals surface area contributed by atoms with E-state index in [1.165, 1.54) is 6.07 Å². The standard InChI is InChI=1S/C24H20ClN5O3/c1-15-12-18(28-10-11-33-24(28)32)6-7-20(15)29-9-8-22(31)23(27-29)21-13-16(2)26-30(21)19-5-3-4-17(25)14-19/h3-9,12-14H,10-11H2,1-2H3. The predicted octanol–water partition coefficient (Wildman–Crippen LogP) is 4.31. The van der Waals surface area contributed by atoms with Crippen molar-refractivity contribution in [2.24, 2.45) is 0 Å². The van der Waals surface area contributed by atoms with E-state index in [0.29, 0.717) is 23.9 Å². The van der Waals surface area contributed by atoms with Gasteiger partial charge in [-0.15, -0.1) is 0 Å². The highest BCUT2D eigenvalue weighted by Crippen LogP contribution is 2.25. The molecule has 2 aromatic heterocycles. The zero-order chi connectivity index (χ0) is 23.1. The molecule has 0 N–H and O–H groups in total. The molecule has 33 heavy (non-hydrogen) atoms. The maximum absolute atomic E-state index is 12.8. The second-order valence-corrected chi connectivity index (χ2v) is 8.21. The van der Waals surface area contributed by atoms with E-state index in [2.05, 4.69) is 10.2 Å². The van der Waals surface area contributed by atoms with Crippen LogP contribution in [0.25, 0.3) is 22.8 Å². The minimum absolute atomic E-state index is 0.219. The maximum Gasteiger partial charge on any atom is 0.414 e. The van der Waals surface area contributed by atoms with E-state index in [9.17, 15) is 9.59 Å². The monoisotopic (exact) mass is 461 g/mol. The van der Waals surface area contributed by atoms with Gasteiger partial charge in [0.05, 0.1) is 29.3 Å². The Morgan fingerprint density at radius 3 is 2.55 bits per heavy atom. The quantitative estimate of drug-likeness (QED) is 0.452. The van der Waals surface area contributed by atoms with Crippen molar-refractivity contribution in [3.8, 4) is 22.8 Å². The first-order chi connectivity index (χ1) is 15.9. The SMILES string of the molecule is Cc1cc(-c2nn(-c3ccc(N4CCOC4=O)cc3C)ccc2=O)n(-c2cccc(Cl)c2)n1. The molecule has 0 bridgehead atoms. The lowest BCUT2D eigenvalue weighted by Gasteiger charge is -2.16. The number of aryl methyl sites for hydroxylation is 2. The minimum Gasteiger partial charge on any atom is -0.447 e. The van der Waals surface area contributed by atoms with Crippen LogP contribution in [0.2, 0.25) is 5.02 Å². The first-order valence-electron chi connectivity index (χ1n) is 10.4. The summed E-state index contributed by atoms with van der Waals surface area (Å²) in [5.74, 6) is 0. The molecule has 1 fully saturated rings. The fourth-order valence-electron chi connectivity index (χ4n) is 3.88. The number of carbonyl (C=O) groups is 1. The van der Waals surface area contributed by atoms with E-state index in [1.807, 2.05) is 50.2 Å². The fourth-order valence-corrected chi connectivity index (χ4v) is 4.07. The molecule has 4 aromatic rings. The number of amides is 1. The van der Waals surface area contributed by atoms with Gasteiger partial charge in [0.15, 0.2) is 5.69 Å². The van der Waals surface area contributed by atoms with Gasteiger partial charge in [-0.3, -0.25) is 9.69 Å². The van der Waals surface area contributed by atoms with Gasteiger partial charge in [0.2, 0.25) is 5.43 Å². The zero-order valence-corrected chi connectivity index (χ0v) is 18.8. The Kier molecular flexibility index (Phi) is 5.22. The van der Waals surface area contributed by atoms with Crippen LogP contribution in [0.3, 0.4) is 0 Å². The summed E-state index contributed by atoms with van der Waals surface area (Å²) in [7, 11) is 0. The van der Waals surface area contributed by atoms with E-state index < -0.39 is 0 Å². The highest BCUT2D eigenvalue weighted by atomic mass is 35.5. The molecule has 5 rings (SSSR count). The van der Waals surface area contributed by atoms with Gasteiger partial charge in [-0.1, -0.05) is 17.7 Å². The summed E-state index contributed by atoms with van der Waals surface area (Å²) in [6.45, 7) is 4.69. The average Bonchev–Trinajstić information content (AvgIpc) is 3.39. The first kappa shape index (κ1) is 21.0. The first-order valence-corrected chi connectivity index (χ1v) is 10.8. The lowest BCUT2D eigenvalue weighted by atomic mass is 10.1. The van der Waals surface area contributed by atoms with Gasteiger partial charge in [-0.05, 0) is 61.9 Å². The third-order valence-corrected chi connectivity index (χ3v) is 5.67. The number of rotatable bonds is 4. The Bertz CT molecular complexity index is 1440. The number of cyclic esters (lactones) is 1. The Balaban J connectivity index is 1.58. The summed E-state index contributed by atoms with van der Waals surface area (Å²) < 4.78 is 8.35. The minimum atomic E-state index is -0.351. The van der Waals surface area contributed by atoms with Crippen LogP contribution >= 0.6 is 11.6 Å². The number of hydrogen-bond donors (Lipinski definition) is 0. The Morgan fingerprint density at radius 1 is 0.970 bits per heavy atom. The van der Waals surface area contributed by atoms with Gasteiger partial charge in [-0.2, -0.15) is 10.2 Å². The molecule has 0 aliphatic carbocycles.